The number of amides is 1. The average molecular weight is 338 g/mol. The Bertz CT molecular complexity index is 989. The maximum absolute atomic E-state index is 14.3. The van der Waals surface area contributed by atoms with Crippen LogP contribution in [0.1, 0.15) is 16.1 Å². The van der Waals surface area contributed by atoms with Gasteiger partial charge in [-0.2, -0.15) is 0 Å². The van der Waals surface area contributed by atoms with Crippen LogP contribution in [-0.4, -0.2) is 36.1 Å². The van der Waals surface area contributed by atoms with Crippen LogP contribution >= 0.6 is 0 Å². The highest BCUT2D eigenvalue weighted by molar-refractivity contribution is 6.06. The smallest absolute Gasteiger partial charge is 0.268 e. The average Bonchev–Trinajstić information content (AvgIpc) is 2.88. The number of aryl methyl sites for hydroxylation is 1. The van der Waals surface area contributed by atoms with Crippen molar-refractivity contribution < 1.29 is 9.18 Å². The van der Waals surface area contributed by atoms with Crippen LogP contribution in [0, 0.1) is 12.7 Å². The van der Waals surface area contributed by atoms with Crippen molar-refractivity contribution in [2.24, 2.45) is 0 Å². The number of aromatic nitrogens is 2. The molecule has 1 N–H and O–H groups in total. The Labute approximate surface area is 145 Å². The first-order valence-electron chi connectivity index (χ1n) is 8.21. The second-order valence-corrected chi connectivity index (χ2v) is 6.53. The van der Waals surface area contributed by atoms with Gasteiger partial charge in [-0.1, -0.05) is 0 Å². The van der Waals surface area contributed by atoms with Crippen molar-refractivity contribution >= 4 is 22.6 Å². The van der Waals surface area contributed by atoms with Crippen LogP contribution in [0.2, 0.25) is 0 Å². The molecule has 128 valence electrons. The highest BCUT2D eigenvalue weighted by Gasteiger charge is 2.25. The van der Waals surface area contributed by atoms with E-state index in [4.69, 9.17) is 0 Å². The number of carbonyl (C=O) groups excluding carboxylic acids is 1. The standard InChI is InChI=1S/C19H19FN4O/c1-11-14-8-13(20)9-15(12-4-5-16(22-10-12)23(2)3)18(14)24-7-6-21-19(25)17(11)24/h4-5,8-10H,6-7H2,1-3H3,(H,21,25). The van der Waals surface area contributed by atoms with Crippen molar-refractivity contribution in [1.82, 2.24) is 14.9 Å². The lowest BCUT2D eigenvalue weighted by atomic mass is 10.0. The molecule has 1 aliphatic heterocycles. The maximum Gasteiger partial charge on any atom is 0.268 e. The summed E-state index contributed by atoms with van der Waals surface area (Å²) in [6.07, 6.45) is 1.75. The van der Waals surface area contributed by atoms with Gasteiger partial charge in [-0.15, -0.1) is 0 Å². The van der Waals surface area contributed by atoms with Crippen LogP contribution in [0.4, 0.5) is 10.2 Å². The van der Waals surface area contributed by atoms with Gasteiger partial charge in [0.15, 0.2) is 0 Å². The Kier molecular flexibility index (Phi) is 3.49. The van der Waals surface area contributed by atoms with E-state index >= 15 is 0 Å². The van der Waals surface area contributed by atoms with Crippen molar-refractivity contribution in [1.29, 1.82) is 0 Å². The normalized spacial score (nSPS) is 13.7. The highest BCUT2D eigenvalue weighted by Crippen LogP contribution is 2.36. The number of pyridine rings is 1. The summed E-state index contributed by atoms with van der Waals surface area (Å²) in [5.74, 6) is 0.419. The van der Waals surface area contributed by atoms with E-state index in [0.717, 1.165) is 33.4 Å². The maximum atomic E-state index is 14.3. The molecule has 0 bridgehead atoms. The Morgan fingerprint density at radius 3 is 2.76 bits per heavy atom. The van der Waals surface area contributed by atoms with E-state index in [1.807, 2.05) is 42.6 Å². The zero-order valence-electron chi connectivity index (χ0n) is 14.4. The van der Waals surface area contributed by atoms with E-state index in [1.165, 1.54) is 12.1 Å². The van der Waals surface area contributed by atoms with Crippen LogP contribution in [0.15, 0.2) is 30.5 Å². The van der Waals surface area contributed by atoms with Crippen LogP contribution < -0.4 is 10.2 Å². The summed E-state index contributed by atoms with van der Waals surface area (Å²) in [5.41, 5.74) is 3.91. The predicted octanol–water partition coefficient (Wildman–Crippen LogP) is 2.96. The third-order valence-corrected chi connectivity index (χ3v) is 4.73. The zero-order chi connectivity index (χ0) is 17.7. The fourth-order valence-corrected chi connectivity index (χ4v) is 3.53. The highest BCUT2D eigenvalue weighted by atomic mass is 19.1. The zero-order valence-corrected chi connectivity index (χ0v) is 14.4. The Morgan fingerprint density at radius 2 is 2.08 bits per heavy atom. The van der Waals surface area contributed by atoms with E-state index in [1.54, 1.807) is 6.20 Å². The van der Waals surface area contributed by atoms with Gasteiger partial charge >= 0.3 is 0 Å². The molecule has 5 nitrogen and oxygen atoms in total. The monoisotopic (exact) mass is 338 g/mol. The third kappa shape index (κ3) is 2.36. The molecular weight excluding hydrogens is 319 g/mol. The van der Waals surface area contributed by atoms with Crippen LogP contribution in [-0.2, 0) is 6.54 Å². The molecule has 6 heteroatoms. The van der Waals surface area contributed by atoms with E-state index in [0.29, 0.717) is 18.8 Å². The molecular formula is C19H19FN4O. The third-order valence-electron chi connectivity index (χ3n) is 4.73. The lowest BCUT2D eigenvalue weighted by molar-refractivity contribution is 0.0928. The Morgan fingerprint density at radius 1 is 1.28 bits per heavy atom. The van der Waals surface area contributed by atoms with E-state index in [2.05, 4.69) is 10.3 Å². The Hall–Kier alpha value is -2.89. The minimum atomic E-state index is -0.314. The first-order valence-corrected chi connectivity index (χ1v) is 8.21. The first-order chi connectivity index (χ1) is 12.0. The van der Waals surface area contributed by atoms with Gasteiger partial charge in [-0.3, -0.25) is 4.79 Å². The second kappa shape index (κ2) is 5.58. The van der Waals surface area contributed by atoms with E-state index < -0.39 is 0 Å². The van der Waals surface area contributed by atoms with E-state index in [9.17, 15) is 9.18 Å². The number of carbonyl (C=O) groups is 1. The Balaban J connectivity index is 2.01. The summed E-state index contributed by atoms with van der Waals surface area (Å²) >= 11 is 0. The SMILES string of the molecule is Cc1c2n(c3c(-c4ccc(N(C)C)nc4)cc(F)cc13)CCNC2=O. The van der Waals surface area contributed by atoms with Crippen molar-refractivity contribution in [3.63, 3.8) is 0 Å². The fourth-order valence-electron chi connectivity index (χ4n) is 3.53. The van der Waals surface area contributed by atoms with Crippen molar-refractivity contribution in [2.45, 2.75) is 13.5 Å². The van der Waals surface area contributed by atoms with Crippen molar-refractivity contribution in [2.75, 3.05) is 25.5 Å². The van der Waals surface area contributed by atoms with Gasteiger partial charge < -0.3 is 14.8 Å². The number of hydrogen-bond donors (Lipinski definition) is 1. The lowest BCUT2D eigenvalue weighted by Crippen LogP contribution is -2.35. The molecule has 3 aromatic rings. The lowest BCUT2D eigenvalue weighted by Gasteiger charge is -2.18. The predicted molar refractivity (Wildman–Crippen MR) is 96.5 cm³/mol. The number of nitrogens with zero attached hydrogens (tertiary/aromatic N) is 3. The summed E-state index contributed by atoms with van der Waals surface area (Å²) < 4.78 is 16.3. The minimum absolute atomic E-state index is 0.104. The van der Waals surface area contributed by atoms with Crippen LogP contribution in [0.3, 0.4) is 0 Å². The summed E-state index contributed by atoms with van der Waals surface area (Å²) in [7, 11) is 3.85. The fraction of sp³-hybridized carbons (Fsp3) is 0.263. The van der Waals surface area contributed by atoms with Gasteiger partial charge in [-0.05, 0) is 36.8 Å². The van der Waals surface area contributed by atoms with Gasteiger partial charge in [-0.25, -0.2) is 9.37 Å². The molecule has 0 atom stereocenters. The summed E-state index contributed by atoms with van der Waals surface area (Å²) in [6, 6.07) is 6.88. The van der Waals surface area contributed by atoms with Gasteiger partial charge in [0.05, 0.1) is 5.52 Å². The molecule has 1 amide bonds. The molecule has 0 radical (unpaired) electrons. The molecule has 0 fully saturated rings. The molecule has 1 aromatic carbocycles. The molecule has 1 aliphatic rings. The number of benzene rings is 1. The van der Waals surface area contributed by atoms with Gasteiger partial charge in [0, 0.05) is 49.9 Å². The van der Waals surface area contributed by atoms with Gasteiger partial charge in [0.1, 0.15) is 17.3 Å². The first kappa shape index (κ1) is 15.6. The number of anilines is 1. The molecule has 4 rings (SSSR count). The number of hydrogen-bond acceptors (Lipinski definition) is 3. The topological polar surface area (TPSA) is 50.2 Å². The molecule has 0 unspecified atom stereocenters. The molecule has 0 saturated heterocycles. The van der Waals surface area contributed by atoms with Gasteiger partial charge in [0.2, 0.25) is 0 Å². The number of rotatable bonds is 2. The molecule has 0 saturated carbocycles. The van der Waals surface area contributed by atoms with Crippen molar-refractivity contribution in [3.05, 3.63) is 47.5 Å². The molecule has 25 heavy (non-hydrogen) atoms. The number of nitrogens with one attached hydrogen (secondary N) is 1. The van der Waals surface area contributed by atoms with E-state index in [-0.39, 0.29) is 11.7 Å². The van der Waals surface area contributed by atoms with Crippen LogP contribution in [0.25, 0.3) is 22.0 Å². The minimum Gasteiger partial charge on any atom is -0.363 e. The summed E-state index contributed by atoms with van der Waals surface area (Å²) in [6.45, 7) is 3.12. The number of halogens is 1. The second-order valence-electron chi connectivity index (χ2n) is 6.53. The van der Waals surface area contributed by atoms with Gasteiger partial charge in [0.25, 0.3) is 5.91 Å². The summed E-state index contributed by atoms with van der Waals surface area (Å²) in [5, 5.41) is 3.64. The summed E-state index contributed by atoms with van der Waals surface area (Å²) in [4.78, 5) is 18.6. The largest absolute Gasteiger partial charge is 0.363 e. The quantitative estimate of drug-likeness (QED) is 0.782. The molecule has 3 heterocycles. The molecule has 0 spiro atoms. The van der Waals surface area contributed by atoms with Crippen LogP contribution in [0.5, 0.6) is 0 Å². The number of fused-ring (bicyclic) bond motifs is 3. The van der Waals surface area contributed by atoms with Crippen molar-refractivity contribution in [3.8, 4) is 11.1 Å². The molecule has 2 aromatic heterocycles. The molecule has 0 aliphatic carbocycles.